The number of rotatable bonds is 4. The summed E-state index contributed by atoms with van der Waals surface area (Å²) in [6, 6.07) is 7.40. The molecule has 4 rings (SSSR count). The topological polar surface area (TPSA) is 79.2 Å². The number of non-ortho nitro benzene ring substituents is 1. The fraction of sp³-hybridized carbons (Fsp3) is 0.741. The van der Waals surface area contributed by atoms with Crippen molar-refractivity contribution in [3.05, 3.63) is 34.4 Å². The highest BCUT2D eigenvalue weighted by Crippen LogP contribution is 2.46. The van der Waals surface area contributed by atoms with Gasteiger partial charge in [0.2, 0.25) is 0 Å². The van der Waals surface area contributed by atoms with Gasteiger partial charge in [-0.05, 0) is 89.7 Å². The molecule has 0 aromatic heterocycles. The molecular weight excluding hydrogens is 444 g/mol. The van der Waals surface area contributed by atoms with Crippen molar-refractivity contribution in [1.82, 2.24) is 9.80 Å². The van der Waals surface area contributed by atoms with E-state index in [1.165, 1.54) is 25.7 Å². The van der Waals surface area contributed by atoms with Crippen LogP contribution in [0, 0.1) is 21.4 Å². The lowest BCUT2D eigenvalue weighted by atomic mass is 9.65. The van der Waals surface area contributed by atoms with Crippen molar-refractivity contribution in [2.24, 2.45) is 11.3 Å². The minimum absolute atomic E-state index is 0.144. The largest absolute Gasteiger partial charge is 0.444 e. The maximum Gasteiger partial charge on any atom is 0.410 e. The number of nitro groups is 1. The molecule has 1 aromatic carbocycles. The molecule has 35 heavy (non-hydrogen) atoms. The average molecular weight is 487 g/mol. The Labute approximate surface area is 209 Å². The van der Waals surface area contributed by atoms with Gasteiger partial charge in [-0.15, -0.1) is 0 Å². The van der Waals surface area contributed by atoms with Gasteiger partial charge in [0.25, 0.3) is 5.69 Å². The highest BCUT2D eigenvalue weighted by Gasteiger charge is 2.40. The number of hydrogen-bond donors (Lipinski definition) is 0. The Bertz CT molecular complexity index is 879. The first-order valence-electron chi connectivity index (χ1n) is 13.2. The Kier molecular flexibility index (Phi) is 7.60. The molecule has 2 aliphatic heterocycles. The normalized spacial score (nSPS) is 23.9. The van der Waals surface area contributed by atoms with Crippen molar-refractivity contribution in [2.75, 3.05) is 44.2 Å². The van der Waals surface area contributed by atoms with E-state index in [4.69, 9.17) is 4.74 Å². The van der Waals surface area contributed by atoms with Crippen LogP contribution >= 0.6 is 0 Å². The lowest BCUT2D eigenvalue weighted by Crippen LogP contribution is -2.53. The number of anilines is 1. The van der Waals surface area contributed by atoms with E-state index in [2.05, 4.69) is 16.7 Å². The van der Waals surface area contributed by atoms with Crippen molar-refractivity contribution in [3.63, 3.8) is 0 Å². The van der Waals surface area contributed by atoms with E-state index in [9.17, 15) is 14.9 Å². The first-order chi connectivity index (χ1) is 16.5. The highest BCUT2D eigenvalue weighted by molar-refractivity contribution is 5.68. The number of hydrogen-bond acceptors (Lipinski definition) is 6. The predicted molar refractivity (Wildman–Crippen MR) is 138 cm³/mol. The molecule has 1 amide bonds. The Morgan fingerprint density at radius 2 is 1.69 bits per heavy atom. The summed E-state index contributed by atoms with van der Waals surface area (Å²) in [5.74, 6) is 0.748. The molecule has 1 saturated carbocycles. The summed E-state index contributed by atoms with van der Waals surface area (Å²) >= 11 is 0. The molecule has 8 nitrogen and oxygen atoms in total. The monoisotopic (exact) mass is 486 g/mol. The van der Waals surface area contributed by atoms with Gasteiger partial charge in [-0.25, -0.2) is 4.79 Å². The van der Waals surface area contributed by atoms with Crippen LogP contribution in [0.15, 0.2) is 24.3 Å². The Morgan fingerprint density at radius 1 is 1.06 bits per heavy atom. The van der Waals surface area contributed by atoms with Gasteiger partial charge < -0.3 is 14.5 Å². The molecule has 1 aromatic rings. The molecular formula is C27H42N4O4. The average Bonchev–Trinajstić information content (AvgIpc) is 2.81. The molecule has 3 fully saturated rings. The van der Waals surface area contributed by atoms with Crippen LogP contribution in [0.1, 0.15) is 66.2 Å². The van der Waals surface area contributed by atoms with Gasteiger partial charge in [-0.2, -0.15) is 0 Å². The third-order valence-corrected chi connectivity index (χ3v) is 8.33. The van der Waals surface area contributed by atoms with Crippen LogP contribution < -0.4 is 4.90 Å². The Hall–Kier alpha value is -2.35. The van der Waals surface area contributed by atoms with Crippen molar-refractivity contribution < 1.29 is 14.5 Å². The summed E-state index contributed by atoms with van der Waals surface area (Å²) in [5.41, 5.74) is 1.19. The second-order valence-electron chi connectivity index (χ2n) is 12.0. The lowest BCUT2D eigenvalue weighted by molar-refractivity contribution is -0.384. The van der Waals surface area contributed by atoms with Crippen LogP contribution in [0.3, 0.4) is 0 Å². The van der Waals surface area contributed by atoms with Gasteiger partial charge in [-0.3, -0.25) is 15.0 Å². The van der Waals surface area contributed by atoms with E-state index in [-0.39, 0.29) is 16.7 Å². The first kappa shape index (κ1) is 25.7. The van der Waals surface area contributed by atoms with Gasteiger partial charge in [-0.1, -0.05) is 0 Å². The molecule has 0 radical (unpaired) electrons. The Balaban J connectivity index is 1.21. The third-order valence-electron chi connectivity index (χ3n) is 8.33. The van der Waals surface area contributed by atoms with Gasteiger partial charge in [0.1, 0.15) is 5.60 Å². The van der Waals surface area contributed by atoms with E-state index in [0.717, 1.165) is 63.7 Å². The first-order valence-corrected chi connectivity index (χ1v) is 13.2. The number of ether oxygens (including phenoxy) is 1. The van der Waals surface area contributed by atoms with Crippen LogP contribution in [0.4, 0.5) is 16.2 Å². The van der Waals surface area contributed by atoms with E-state index in [1.807, 2.05) is 37.8 Å². The molecule has 0 bridgehead atoms. The maximum absolute atomic E-state index is 12.4. The van der Waals surface area contributed by atoms with E-state index < -0.39 is 5.60 Å². The minimum Gasteiger partial charge on any atom is -0.444 e. The summed E-state index contributed by atoms with van der Waals surface area (Å²) in [4.78, 5) is 29.9. The standard InChI is InChI=1S/C27H42N4O4/c1-21-19-30(23-5-7-24(8-6-23)31(33)34)18-17-29(21)20-22-9-11-27(12-10-22)13-15-28(16-14-27)25(32)35-26(2,3)4/h5-8,21-22H,9-20H2,1-4H3/t21-/m0/s1. The third kappa shape index (κ3) is 6.46. The van der Waals surface area contributed by atoms with Gasteiger partial charge in [0.05, 0.1) is 4.92 Å². The van der Waals surface area contributed by atoms with Gasteiger partial charge in [0, 0.05) is 63.1 Å². The molecule has 0 N–H and O–H groups in total. The summed E-state index contributed by atoms with van der Waals surface area (Å²) in [6.45, 7) is 13.8. The molecule has 194 valence electrons. The smallest absolute Gasteiger partial charge is 0.410 e. The SMILES string of the molecule is C[C@H]1CN(c2ccc([N+](=O)[O-])cc2)CCN1CC1CCC2(CC1)CCN(C(=O)OC(C)(C)C)CC2. The van der Waals surface area contributed by atoms with E-state index in [0.29, 0.717) is 11.5 Å². The quantitative estimate of drug-likeness (QED) is 0.424. The number of amides is 1. The molecule has 3 aliphatic rings. The second kappa shape index (κ2) is 10.3. The predicted octanol–water partition coefficient (Wildman–Crippen LogP) is 5.31. The zero-order chi connectivity index (χ0) is 25.2. The minimum atomic E-state index is -0.436. The Morgan fingerprint density at radius 3 is 2.23 bits per heavy atom. The maximum atomic E-state index is 12.4. The van der Waals surface area contributed by atoms with Crippen molar-refractivity contribution in [2.45, 2.75) is 77.9 Å². The number of piperidine rings is 1. The van der Waals surface area contributed by atoms with Crippen LogP contribution in [0.25, 0.3) is 0 Å². The summed E-state index contributed by atoms with van der Waals surface area (Å²) in [5, 5.41) is 10.9. The number of carbonyl (C=O) groups excluding carboxylic acids is 1. The number of likely N-dealkylation sites (tertiary alicyclic amines) is 1. The number of nitrogens with zero attached hydrogens (tertiary/aromatic N) is 4. The zero-order valence-corrected chi connectivity index (χ0v) is 21.9. The number of nitro benzene ring substituents is 1. The summed E-state index contributed by atoms with van der Waals surface area (Å²) < 4.78 is 5.57. The summed E-state index contributed by atoms with van der Waals surface area (Å²) in [7, 11) is 0. The lowest BCUT2D eigenvalue weighted by Gasteiger charge is -2.47. The molecule has 2 saturated heterocycles. The molecule has 8 heteroatoms. The number of piperazine rings is 1. The van der Waals surface area contributed by atoms with Crippen LogP contribution in [0.2, 0.25) is 0 Å². The fourth-order valence-electron chi connectivity index (χ4n) is 6.08. The molecule has 1 aliphatic carbocycles. The molecule has 0 unspecified atom stereocenters. The van der Waals surface area contributed by atoms with Crippen molar-refractivity contribution in [3.8, 4) is 0 Å². The fourth-order valence-corrected chi connectivity index (χ4v) is 6.08. The van der Waals surface area contributed by atoms with Gasteiger partial charge in [0.15, 0.2) is 0 Å². The van der Waals surface area contributed by atoms with E-state index >= 15 is 0 Å². The highest BCUT2D eigenvalue weighted by atomic mass is 16.6. The van der Waals surface area contributed by atoms with Crippen LogP contribution in [0.5, 0.6) is 0 Å². The molecule has 2 heterocycles. The summed E-state index contributed by atoms with van der Waals surface area (Å²) in [6.07, 6.45) is 7.15. The van der Waals surface area contributed by atoms with Gasteiger partial charge >= 0.3 is 6.09 Å². The van der Waals surface area contributed by atoms with E-state index in [1.54, 1.807) is 12.1 Å². The zero-order valence-electron chi connectivity index (χ0n) is 21.9. The van der Waals surface area contributed by atoms with Crippen molar-refractivity contribution in [1.29, 1.82) is 0 Å². The molecule has 1 atom stereocenters. The second-order valence-corrected chi connectivity index (χ2v) is 12.0. The number of benzene rings is 1. The number of carbonyl (C=O) groups is 1. The van der Waals surface area contributed by atoms with Crippen LogP contribution in [-0.4, -0.2) is 71.7 Å². The van der Waals surface area contributed by atoms with Crippen LogP contribution in [-0.2, 0) is 4.74 Å². The molecule has 1 spiro atoms. The van der Waals surface area contributed by atoms with Crippen molar-refractivity contribution >= 4 is 17.5 Å².